The highest BCUT2D eigenvalue weighted by molar-refractivity contribution is 7.18. The number of thiophene rings is 1. The van der Waals surface area contributed by atoms with Gasteiger partial charge in [0.15, 0.2) is 5.78 Å². The van der Waals surface area contributed by atoms with Crippen LogP contribution in [0.25, 0.3) is 10.2 Å². The molecule has 0 radical (unpaired) electrons. The summed E-state index contributed by atoms with van der Waals surface area (Å²) in [5, 5.41) is 0.908. The van der Waals surface area contributed by atoms with Gasteiger partial charge in [0.05, 0.1) is 26.0 Å². The number of hydrogen-bond donors (Lipinski definition) is 0. The van der Waals surface area contributed by atoms with Gasteiger partial charge in [0, 0.05) is 7.05 Å². The van der Waals surface area contributed by atoms with Crippen molar-refractivity contribution in [2.45, 2.75) is 19.9 Å². The van der Waals surface area contributed by atoms with E-state index in [0.717, 1.165) is 15.2 Å². The van der Waals surface area contributed by atoms with Crippen molar-refractivity contribution in [2.24, 2.45) is 0 Å². The van der Waals surface area contributed by atoms with E-state index < -0.39 is 0 Å². The van der Waals surface area contributed by atoms with Crippen molar-refractivity contribution in [1.29, 1.82) is 0 Å². The molecular formula is C17H16N2O2S2. The monoisotopic (exact) mass is 344 g/mol. The molecule has 0 aliphatic rings. The summed E-state index contributed by atoms with van der Waals surface area (Å²) in [6, 6.07) is 11.2. The lowest BCUT2D eigenvalue weighted by Gasteiger charge is -2.22. The fraction of sp³-hybridized carbons (Fsp3) is 0.235. The summed E-state index contributed by atoms with van der Waals surface area (Å²) >= 11 is 2.84. The Morgan fingerprint density at radius 3 is 2.43 bits per heavy atom. The van der Waals surface area contributed by atoms with Crippen LogP contribution in [-0.4, -0.2) is 28.6 Å². The third kappa shape index (κ3) is 3.04. The number of nitrogens with zero attached hydrogens (tertiary/aromatic N) is 2. The zero-order valence-electron chi connectivity index (χ0n) is 13.1. The van der Waals surface area contributed by atoms with Crippen LogP contribution in [0.5, 0.6) is 0 Å². The van der Waals surface area contributed by atoms with E-state index >= 15 is 0 Å². The molecule has 3 aromatic rings. The van der Waals surface area contributed by atoms with Gasteiger partial charge in [0.25, 0.3) is 5.91 Å². The van der Waals surface area contributed by atoms with Gasteiger partial charge in [0.2, 0.25) is 0 Å². The predicted molar refractivity (Wildman–Crippen MR) is 94.5 cm³/mol. The Morgan fingerprint density at radius 2 is 1.78 bits per heavy atom. The second kappa shape index (κ2) is 6.22. The van der Waals surface area contributed by atoms with Crippen LogP contribution in [0.15, 0.2) is 36.4 Å². The first-order valence-electron chi connectivity index (χ1n) is 7.21. The summed E-state index contributed by atoms with van der Waals surface area (Å²) in [6.45, 7) is 3.47. The summed E-state index contributed by atoms with van der Waals surface area (Å²) in [5.41, 5.74) is 0.954. The molecule has 0 bridgehead atoms. The Morgan fingerprint density at radius 1 is 1.09 bits per heavy atom. The van der Waals surface area contributed by atoms with Crippen LogP contribution >= 0.6 is 22.7 Å². The Balaban J connectivity index is 1.84. The number of carbonyl (C=O) groups is 2. The first-order valence-corrected chi connectivity index (χ1v) is 8.84. The average Bonchev–Trinajstić information content (AvgIpc) is 3.19. The molecule has 1 amide bonds. The highest BCUT2D eigenvalue weighted by Gasteiger charge is 2.23. The molecular weight excluding hydrogens is 328 g/mol. The zero-order valence-corrected chi connectivity index (χ0v) is 14.7. The number of aromatic nitrogens is 1. The van der Waals surface area contributed by atoms with Gasteiger partial charge in [-0.3, -0.25) is 9.59 Å². The van der Waals surface area contributed by atoms with Crippen molar-refractivity contribution >= 4 is 44.6 Å². The highest BCUT2D eigenvalue weighted by atomic mass is 32.1. The Bertz CT molecular complexity index is 848. The average molecular weight is 344 g/mol. The van der Waals surface area contributed by atoms with Crippen LogP contribution in [0.3, 0.4) is 0 Å². The summed E-state index contributed by atoms with van der Waals surface area (Å²) in [7, 11) is 1.77. The number of rotatable bonds is 4. The van der Waals surface area contributed by atoms with Crippen LogP contribution in [0, 0.1) is 0 Å². The first-order chi connectivity index (χ1) is 11.0. The largest absolute Gasteiger partial charge is 0.332 e. The van der Waals surface area contributed by atoms with E-state index in [2.05, 4.69) is 4.98 Å². The third-order valence-electron chi connectivity index (χ3n) is 3.73. The van der Waals surface area contributed by atoms with Crippen LogP contribution in [0.4, 0.5) is 0 Å². The predicted octanol–water partition coefficient (Wildman–Crippen LogP) is 4.39. The Kier molecular flexibility index (Phi) is 4.28. The van der Waals surface area contributed by atoms with Crippen molar-refractivity contribution in [3.05, 3.63) is 51.2 Å². The van der Waals surface area contributed by atoms with Gasteiger partial charge in [-0.2, -0.15) is 0 Å². The number of benzene rings is 1. The molecule has 6 heteroatoms. The Hall–Kier alpha value is -2.05. The second-order valence-corrected chi connectivity index (χ2v) is 7.48. The summed E-state index contributed by atoms with van der Waals surface area (Å²) in [5.74, 6) is -0.106. The molecule has 1 aromatic carbocycles. The van der Waals surface area contributed by atoms with Gasteiger partial charge in [0.1, 0.15) is 5.01 Å². The van der Waals surface area contributed by atoms with Crippen LogP contribution in [-0.2, 0) is 0 Å². The van der Waals surface area contributed by atoms with Gasteiger partial charge in [-0.1, -0.05) is 12.1 Å². The molecule has 0 aliphatic heterocycles. The minimum atomic E-state index is -0.122. The molecule has 0 N–H and O–H groups in total. The topological polar surface area (TPSA) is 50.3 Å². The quantitative estimate of drug-likeness (QED) is 0.659. The van der Waals surface area contributed by atoms with Crippen molar-refractivity contribution in [3.8, 4) is 0 Å². The number of carbonyl (C=O) groups excluding carboxylic acids is 2. The molecule has 0 saturated heterocycles. The SMILES string of the molecule is CC(=O)c1ccc(C(=O)N(C)[C@H](C)c2nc3ccccc3s2)s1. The van der Waals surface area contributed by atoms with Gasteiger partial charge in [-0.05, 0) is 38.1 Å². The van der Waals surface area contributed by atoms with Gasteiger partial charge in [-0.15, -0.1) is 22.7 Å². The standard InChI is InChI=1S/C17H16N2O2S2/c1-10(16-18-12-6-4-5-7-14(12)23-16)19(3)17(21)15-9-8-13(22-15)11(2)20/h4-10H,1-3H3/t10-/m1/s1. The smallest absolute Gasteiger partial charge is 0.264 e. The van der Waals surface area contributed by atoms with E-state index in [1.165, 1.54) is 18.3 Å². The van der Waals surface area contributed by atoms with Gasteiger partial charge < -0.3 is 4.90 Å². The molecule has 1 atom stereocenters. The fourth-order valence-electron chi connectivity index (χ4n) is 2.23. The lowest BCUT2D eigenvalue weighted by Crippen LogP contribution is -2.28. The maximum absolute atomic E-state index is 12.6. The van der Waals surface area contributed by atoms with Crippen LogP contribution in [0.1, 0.15) is 44.2 Å². The zero-order chi connectivity index (χ0) is 16.6. The molecule has 2 heterocycles. The molecule has 4 nitrogen and oxygen atoms in total. The summed E-state index contributed by atoms with van der Waals surface area (Å²) in [6.07, 6.45) is 0. The number of hydrogen-bond acceptors (Lipinski definition) is 5. The van der Waals surface area contributed by atoms with Crippen molar-refractivity contribution in [3.63, 3.8) is 0 Å². The van der Waals surface area contributed by atoms with Crippen molar-refractivity contribution < 1.29 is 9.59 Å². The lowest BCUT2D eigenvalue weighted by molar-refractivity contribution is 0.0747. The molecule has 3 rings (SSSR count). The molecule has 118 valence electrons. The van der Waals surface area contributed by atoms with E-state index in [4.69, 9.17) is 0 Å². The third-order valence-corrected chi connectivity index (χ3v) is 6.11. The Labute approximate surface area is 142 Å². The van der Waals surface area contributed by atoms with E-state index in [9.17, 15) is 9.59 Å². The number of thiazole rings is 1. The normalized spacial score (nSPS) is 12.3. The molecule has 2 aromatic heterocycles. The minimum absolute atomic E-state index is 0.0177. The molecule has 0 fully saturated rings. The van der Waals surface area contributed by atoms with Gasteiger partial charge >= 0.3 is 0 Å². The maximum atomic E-state index is 12.6. The second-order valence-electron chi connectivity index (χ2n) is 5.33. The number of ketones is 1. The maximum Gasteiger partial charge on any atom is 0.264 e. The summed E-state index contributed by atoms with van der Waals surface area (Å²) in [4.78, 5) is 31.5. The minimum Gasteiger partial charge on any atom is -0.332 e. The van der Waals surface area contributed by atoms with E-state index in [0.29, 0.717) is 9.75 Å². The van der Waals surface area contributed by atoms with Crippen LogP contribution < -0.4 is 0 Å². The van der Waals surface area contributed by atoms with Gasteiger partial charge in [-0.25, -0.2) is 4.98 Å². The lowest BCUT2D eigenvalue weighted by atomic mass is 10.3. The number of amides is 1. The molecule has 0 aliphatic carbocycles. The highest BCUT2D eigenvalue weighted by Crippen LogP contribution is 2.30. The first kappa shape index (κ1) is 15.8. The van der Waals surface area contributed by atoms with Crippen molar-refractivity contribution in [1.82, 2.24) is 9.88 Å². The van der Waals surface area contributed by atoms with E-state index in [1.807, 2.05) is 31.2 Å². The number of fused-ring (bicyclic) bond motifs is 1. The molecule has 0 saturated carbocycles. The number of Topliss-reactive ketones (excluding diaryl/α,β-unsaturated/α-hetero) is 1. The molecule has 23 heavy (non-hydrogen) atoms. The number of para-hydroxylation sites is 1. The summed E-state index contributed by atoms with van der Waals surface area (Å²) < 4.78 is 1.12. The van der Waals surface area contributed by atoms with E-state index in [1.54, 1.807) is 35.4 Å². The van der Waals surface area contributed by atoms with Crippen molar-refractivity contribution in [2.75, 3.05) is 7.05 Å². The van der Waals surface area contributed by atoms with E-state index in [-0.39, 0.29) is 17.7 Å². The van der Waals surface area contributed by atoms with Crippen LogP contribution in [0.2, 0.25) is 0 Å². The molecule has 0 spiro atoms. The molecule has 0 unspecified atom stereocenters. The fourth-order valence-corrected chi connectivity index (χ4v) is 4.17.